The second kappa shape index (κ2) is 5.23. The number of hydrogen-bond donors (Lipinski definition) is 0. The minimum absolute atomic E-state index is 0.371. The van der Waals surface area contributed by atoms with E-state index in [4.69, 9.17) is 9.47 Å². The summed E-state index contributed by atoms with van der Waals surface area (Å²) in [4.78, 5) is 2.52. The minimum atomic E-state index is -0.400. The summed E-state index contributed by atoms with van der Waals surface area (Å²) in [6.07, 6.45) is 1.49. The minimum Gasteiger partial charge on any atom is -0.350 e. The number of fused-ring (bicyclic) bond motifs is 1. The molecule has 2 heterocycles. The van der Waals surface area contributed by atoms with Gasteiger partial charge in [-0.05, 0) is 25.8 Å². The molecule has 2 atom stereocenters. The molecule has 104 valence electrons. The Kier molecular flexibility index (Phi) is 3.61. The Bertz CT molecular complexity index is 418. The highest BCUT2D eigenvalue weighted by Crippen LogP contribution is 2.31. The van der Waals surface area contributed by atoms with E-state index in [0.717, 1.165) is 32.7 Å². The molecule has 2 saturated heterocycles. The summed E-state index contributed by atoms with van der Waals surface area (Å²) in [5.74, 6) is 0.119. The van der Waals surface area contributed by atoms with Crippen molar-refractivity contribution in [3.05, 3.63) is 35.9 Å². The first kappa shape index (κ1) is 13.1. The maximum Gasteiger partial charge on any atom is 0.163 e. The molecule has 0 N–H and O–H groups in total. The lowest BCUT2D eigenvalue weighted by Crippen LogP contribution is -2.53. The summed E-state index contributed by atoms with van der Waals surface area (Å²) in [7, 11) is 0. The van der Waals surface area contributed by atoms with Gasteiger partial charge in [0.1, 0.15) is 0 Å². The van der Waals surface area contributed by atoms with Crippen LogP contribution in [0.2, 0.25) is 0 Å². The molecule has 0 spiro atoms. The molecular weight excluding hydrogens is 238 g/mol. The number of likely N-dealkylation sites (tertiary alicyclic amines) is 1. The topological polar surface area (TPSA) is 21.7 Å². The van der Waals surface area contributed by atoms with E-state index in [-0.39, 0.29) is 0 Å². The lowest BCUT2D eigenvalue weighted by molar-refractivity contribution is -0.301. The maximum absolute atomic E-state index is 6.03. The predicted molar refractivity (Wildman–Crippen MR) is 74.7 cm³/mol. The van der Waals surface area contributed by atoms with Gasteiger partial charge in [0.15, 0.2) is 5.79 Å². The van der Waals surface area contributed by atoms with Crippen molar-refractivity contribution in [1.82, 2.24) is 4.90 Å². The molecule has 0 radical (unpaired) electrons. The smallest absolute Gasteiger partial charge is 0.163 e. The van der Waals surface area contributed by atoms with E-state index < -0.39 is 5.79 Å². The lowest BCUT2D eigenvalue weighted by atomic mass is 9.93. The molecule has 0 aliphatic carbocycles. The van der Waals surface area contributed by atoms with Gasteiger partial charge >= 0.3 is 0 Å². The predicted octanol–water partition coefficient (Wildman–Crippen LogP) is 2.66. The first-order valence-corrected chi connectivity index (χ1v) is 7.20. The molecule has 0 amide bonds. The molecular formula is C16H23NO2. The molecule has 2 aliphatic heterocycles. The highest BCUT2D eigenvalue weighted by Gasteiger charge is 2.39. The standard InChI is InChI=1S/C16H23NO2/c1-16(2)18-12-14-11-17(9-8-15(14)19-16)10-13-6-4-3-5-7-13/h3-7,14-15H,8-12H2,1-2H3/t14-,15-/m0/s1. The number of nitrogens with zero attached hydrogens (tertiary/aromatic N) is 1. The van der Waals surface area contributed by atoms with E-state index >= 15 is 0 Å². The fourth-order valence-electron chi connectivity index (χ4n) is 3.09. The zero-order valence-electron chi connectivity index (χ0n) is 11.8. The fraction of sp³-hybridized carbons (Fsp3) is 0.625. The van der Waals surface area contributed by atoms with Crippen molar-refractivity contribution in [1.29, 1.82) is 0 Å². The second-order valence-electron chi connectivity index (χ2n) is 6.14. The van der Waals surface area contributed by atoms with Gasteiger partial charge in [0.05, 0.1) is 12.7 Å². The van der Waals surface area contributed by atoms with E-state index in [0.29, 0.717) is 12.0 Å². The number of rotatable bonds is 2. The molecule has 0 aromatic heterocycles. The van der Waals surface area contributed by atoms with Crippen molar-refractivity contribution >= 4 is 0 Å². The second-order valence-corrected chi connectivity index (χ2v) is 6.14. The lowest BCUT2D eigenvalue weighted by Gasteiger charge is -2.46. The summed E-state index contributed by atoms with van der Waals surface area (Å²) in [5, 5.41) is 0. The highest BCUT2D eigenvalue weighted by atomic mass is 16.7. The van der Waals surface area contributed by atoms with Crippen LogP contribution in [0.15, 0.2) is 30.3 Å². The average molecular weight is 261 g/mol. The van der Waals surface area contributed by atoms with Crippen LogP contribution in [0.3, 0.4) is 0 Å². The highest BCUT2D eigenvalue weighted by molar-refractivity contribution is 5.14. The Hall–Kier alpha value is -0.900. The van der Waals surface area contributed by atoms with Crippen LogP contribution < -0.4 is 0 Å². The van der Waals surface area contributed by atoms with Crippen LogP contribution in [-0.4, -0.2) is 36.5 Å². The summed E-state index contributed by atoms with van der Waals surface area (Å²) in [6.45, 7) is 8.08. The Balaban J connectivity index is 1.58. The van der Waals surface area contributed by atoms with Crippen LogP contribution in [0.5, 0.6) is 0 Å². The Morgan fingerprint density at radius 2 is 2.05 bits per heavy atom. The zero-order chi connectivity index (χ0) is 13.3. The fourth-order valence-corrected chi connectivity index (χ4v) is 3.09. The quantitative estimate of drug-likeness (QED) is 0.817. The van der Waals surface area contributed by atoms with Gasteiger partial charge in [0.2, 0.25) is 0 Å². The molecule has 1 aromatic rings. The van der Waals surface area contributed by atoms with Crippen LogP contribution in [0.4, 0.5) is 0 Å². The Labute approximate surface area is 115 Å². The van der Waals surface area contributed by atoms with Crippen LogP contribution in [0, 0.1) is 5.92 Å². The van der Waals surface area contributed by atoms with E-state index in [9.17, 15) is 0 Å². The van der Waals surface area contributed by atoms with Gasteiger partial charge in [-0.25, -0.2) is 0 Å². The van der Waals surface area contributed by atoms with Crippen LogP contribution in [0.25, 0.3) is 0 Å². The van der Waals surface area contributed by atoms with Crippen molar-refractivity contribution in [2.45, 2.75) is 38.7 Å². The normalized spacial score (nSPS) is 30.8. The monoisotopic (exact) mass is 261 g/mol. The van der Waals surface area contributed by atoms with E-state index in [1.807, 2.05) is 13.8 Å². The summed E-state index contributed by atoms with van der Waals surface area (Å²) >= 11 is 0. The molecule has 3 nitrogen and oxygen atoms in total. The largest absolute Gasteiger partial charge is 0.350 e. The molecule has 0 bridgehead atoms. The first-order valence-electron chi connectivity index (χ1n) is 7.20. The van der Waals surface area contributed by atoms with E-state index in [2.05, 4.69) is 35.2 Å². The SMILES string of the molecule is CC1(C)OC[C@@H]2CN(Cc3ccccc3)CC[C@@H]2O1. The number of benzene rings is 1. The molecule has 3 rings (SSSR count). The molecule has 3 heteroatoms. The molecule has 2 aliphatic rings. The van der Waals surface area contributed by atoms with Gasteiger partial charge in [-0.15, -0.1) is 0 Å². The van der Waals surface area contributed by atoms with Crippen LogP contribution >= 0.6 is 0 Å². The van der Waals surface area contributed by atoms with Gasteiger partial charge < -0.3 is 9.47 Å². The summed E-state index contributed by atoms with van der Waals surface area (Å²) in [5.41, 5.74) is 1.39. The zero-order valence-corrected chi connectivity index (χ0v) is 11.8. The number of hydrogen-bond acceptors (Lipinski definition) is 3. The van der Waals surface area contributed by atoms with Crippen molar-refractivity contribution in [2.24, 2.45) is 5.92 Å². The third kappa shape index (κ3) is 3.16. The third-order valence-electron chi connectivity index (χ3n) is 4.08. The first-order chi connectivity index (χ1) is 9.12. The molecule has 2 fully saturated rings. The van der Waals surface area contributed by atoms with E-state index in [1.54, 1.807) is 0 Å². The van der Waals surface area contributed by atoms with Gasteiger partial charge in [-0.1, -0.05) is 30.3 Å². The molecule has 19 heavy (non-hydrogen) atoms. The van der Waals surface area contributed by atoms with Gasteiger partial charge in [-0.3, -0.25) is 4.90 Å². The average Bonchev–Trinajstić information content (AvgIpc) is 2.39. The van der Waals surface area contributed by atoms with Crippen molar-refractivity contribution in [3.8, 4) is 0 Å². The number of ether oxygens (including phenoxy) is 2. The van der Waals surface area contributed by atoms with Gasteiger partial charge in [0, 0.05) is 25.6 Å². The Morgan fingerprint density at radius 3 is 2.84 bits per heavy atom. The van der Waals surface area contributed by atoms with Crippen molar-refractivity contribution in [2.75, 3.05) is 19.7 Å². The summed E-state index contributed by atoms with van der Waals surface area (Å²) < 4.78 is 11.8. The molecule has 1 aromatic carbocycles. The molecule has 0 unspecified atom stereocenters. The van der Waals surface area contributed by atoms with Crippen molar-refractivity contribution < 1.29 is 9.47 Å². The molecule has 0 saturated carbocycles. The Morgan fingerprint density at radius 1 is 1.26 bits per heavy atom. The number of piperidine rings is 1. The van der Waals surface area contributed by atoms with Crippen molar-refractivity contribution in [3.63, 3.8) is 0 Å². The van der Waals surface area contributed by atoms with Gasteiger partial charge in [0.25, 0.3) is 0 Å². The maximum atomic E-state index is 6.03. The van der Waals surface area contributed by atoms with Gasteiger partial charge in [-0.2, -0.15) is 0 Å². The van der Waals surface area contributed by atoms with Crippen LogP contribution in [0.1, 0.15) is 25.8 Å². The van der Waals surface area contributed by atoms with E-state index in [1.165, 1.54) is 5.56 Å². The van der Waals surface area contributed by atoms with Crippen LogP contribution in [-0.2, 0) is 16.0 Å². The summed E-state index contributed by atoms with van der Waals surface area (Å²) in [6, 6.07) is 10.7. The third-order valence-corrected chi connectivity index (χ3v) is 4.08.